The zero-order chi connectivity index (χ0) is 11.5. The van der Waals surface area contributed by atoms with Crippen LogP contribution >= 0.6 is 27.7 Å². The van der Waals surface area contributed by atoms with E-state index in [1.54, 1.807) is 6.07 Å². The molecule has 2 atom stereocenters. The average molecular weight is 304 g/mol. The Kier molecular flexibility index (Phi) is 4.27. The van der Waals surface area contributed by atoms with Crippen molar-refractivity contribution in [2.75, 3.05) is 11.5 Å². The number of rotatable bonds is 3. The lowest BCUT2D eigenvalue weighted by molar-refractivity contribution is 0.462. The van der Waals surface area contributed by atoms with E-state index in [1.807, 2.05) is 17.8 Å². The molecule has 2 unspecified atom stereocenters. The van der Waals surface area contributed by atoms with Crippen molar-refractivity contribution in [3.05, 3.63) is 34.1 Å². The topological polar surface area (TPSA) is 26.0 Å². The van der Waals surface area contributed by atoms with Gasteiger partial charge in [-0.1, -0.05) is 15.9 Å². The number of nitrogens with two attached hydrogens (primary N) is 1. The molecule has 1 aromatic rings. The standard InChI is InChI=1S/C12H15BrFNS/c13-10-3-8(4-11(14)6-10)5-12(15)9-1-2-16-7-9/h3-4,6,9,12H,1-2,5,7,15H2. The van der Waals surface area contributed by atoms with E-state index in [2.05, 4.69) is 15.9 Å². The Labute approximate surface area is 108 Å². The smallest absolute Gasteiger partial charge is 0.124 e. The second kappa shape index (κ2) is 5.52. The molecule has 2 N–H and O–H groups in total. The zero-order valence-corrected chi connectivity index (χ0v) is 11.4. The quantitative estimate of drug-likeness (QED) is 0.928. The minimum absolute atomic E-state index is 0.156. The first-order valence-electron chi connectivity index (χ1n) is 5.43. The van der Waals surface area contributed by atoms with Crippen molar-refractivity contribution in [2.24, 2.45) is 11.7 Å². The molecule has 0 radical (unpaired) electrons. The Morgan fingerprint density at radius 1 is 1.50 bits per heavy atom. The molecule has 1 nitrogen and oxygen atoms in total. The van der Waals surface area contributed by atoms with Gasteiger partial charge in [-0.2, -0.15) is 11.8 Å². The molecule has 0 spiro atoms. The van der Waals surface area contributed by atoms with Gasteiger partial charge in [0.05, 0.1) is 0 Å². The van der Waals surface area contributed by atoms with Crippen molar-refractivity contribution in [1.82, 2.24) is 0 Å². The van der Waals surface area contributed by atoms with Gasteiger partial charge in [0, 0.05) is 10.5 Å². The molecular formula is C12H15BrFNS. The van der Waals surface area contributed by atoms with Crippen LogP contribution in [0.25, 0.3) is 0 Å². The molecule has 1 aromatic carbocycles. The molecule has 2 rings (SSSR count). The van der Waals surface area contributed by atoms with E-state index in [0.717, 1.165) is 22.2 Å². The van der Waals surface area contributed by atoms with E-state index >= 15 is 0 Å². The molecular weight excluding hydrogens is 289 g/mol. The number of hydrogen-bond donors (Lipinski definition) is 1. The van der Waals surface area contributed by atoms with Crippen LogP contribution in [-0.4, -0.2) is 17.5 Å². The molecule has 0 amide bonds. The van der Waals surface area contributed by atoms with Gasteiger partial charge in [0.15, 0.2) is 0 Å². The highest BCUT2D eigenvalue weighted by molar-refractivity contribution is 9.10. The molecule has 1 heterocycles. The number of benzene rings is 1. The summed E-state index contributed by atoms with van der Waals surface area (Å²) in [6.07, 6.45) is 1.96. The molecule has 0 saturated carbocycles. The second-order valence-electron chi connectivity index (χ2n) is 4.27. The maximum absolute atomic E-state index is 13.2. The molecule has 1 aliphatic heterocycles. The van der Waals surface area contributed by atoms with E-state index in [9.17, 15) is 4.39 Å². The lowest BCUT2D eigenvalue weighted by atomic mass is 9.94. The molecule has 16 heavy (non-hydrogen) atoms. The summed E-state index contributed by atoms with van der Waals surface area (Å²) in [5.74, 6) is 2.76. The van der Waals surface area contributed by atoms with Gasteiger partial charge in [0.2, 0.25) is 0 Å². The van der Waals surface area contributed by atoms with Crippen LogP contribution in [0.4, 0.5) is 4.39 Å². The molecule has 88 valence electrons. The second-order valence-corrected chi connectivity index (χ2v) is 6.33. The summed E-state index contributed by atoms with van der Waals surface area (Å²) >= 11 is 5.27. The van der Waals surface area contributed by atoms with Crippen LogP contribution in [0, 0.1) is 11.7 Å². The maximum Gasteiger partial charge on any atom is 0.124 e. The van der Waals surface area contributed by atoms with Crippen LogP contribution in [-0.2, 0) is 6.42 Å². The summed E-state index contributed by atoms with van der Waals surface area (Å²) in [6.45, 7) is 0. The van der Waals surface area contributed by atoms with Crippen LogP contribution < -0.4 is 5.73 Å². The first kappa shape index (κ1) is 12.4. The minimum Gasteiger partial charge on any atom is -0.327 e. The lowest BCUT2D eigenvalue weighted by Gasteiger charge is -2.18. The number of hydrogen-bond acceptors (Lipinski definition) is 2. The van der Waals surface area contributed by atoms with Gasteiger partial charge >= 0.3 is 0 Å². The number of thioether (sulfide) groups is 1. The number of halogens is 2. The van der Waals surface area contributed by atoms with E-state index in [0.29, 0.717) is 5.92 Å². The Bertz CT molecular complexity index is 346. The third kappa shape index (κ3) is 3.22. The molecule has 0 bridgehead atoms. The fourth-order valence-corrected chi connectivity index (χ4v) is 3.92. The van der Waals surface area contributed by atoms with E-state index in [4.69, 9.17) is 5.73 Å². The fourth-order valence-electron chi connectivity index (χ4n) is 2.06. The van der Waals surface area contributed by atoms with E-state index in [-0.39, 0.29) is 11.9 Å². The third-order valence-electron chi connectivity index (χ3n) is 2.96. The predicted octanol–water partition coefficient (Wildman–Crippen LogP) is 3.21. The van der Waals surface area contributed by atoms with Crippen LogP contribution in [0.3, 0.4) is 0 Å². The van der Waals surface area contributed by atoms with Crippen LogP contribution in [0.5, 0.6) is 0 Å². The van der Waals surface area contributed by atoms with Crippen molar-refractivity contribution in [2.45, 2.75) is 18.9 Å². The summed E-state index contributed by atoms with van der Waals surface area (Å²) in [6, 6.07) is 5.15. The maximum atomic E-state index is 13.2. The highest BCUT2D eigenvalue weighted by atomic mass is 79.9. The summed E-state index contributed by atoms with van der Waals surface area (Å²) in [5, 5.41) is 0. The summed E-state index contributed by atoms with van der Waals surface area (Å²) < 4.78 is 14.0. The Morgan fingerprint density at radius 2 is 2.31 bits per heavy atom. The molecule has 0 aromatic heterocycles. The van der Waals surface area contributed by atoms with Crippen molar-refractivity contribution in [3.63, 3.8) is 0 Å². The average Bonchev–Trinajstić information content (AvgIpc) is 2.68. The normalized spacial score (nSPS) is 22.3. The monoisotopic (exact) mass is 303 g/mol. The van der Waals surface area contributed by atoms with Crippen LogP contribution in [0.2, 0.25) is 0 Å². The highest BCUT2D eigenvalue weighted by Crippen LogP contribution is 2.27. The van der Waals surface area contributed by atoms with Gasteiger partial charge in [-0.25, -0.2) is 4.39 Å². The molecule has 1 aliphatic rings. The molecule has 4 heteroatoms. The van der Waals surface area contributed by atoms with Crippen molar-refractivity contribution in [3.8, 4) is 0 Å². The van der Waals surface area contributed by atoms with Crippen molar-refractivity contribution < 1.29 is 4.39 Å². The van der Waals surface area contributed by atoms with Crippen molar-refractivity contribution >= 4 is 27.7 Å². The molecule has 0 aliphatic carbocycles. The SMILES string of the molecule is NC(Cc1cc(F)cc(Br)c1)C1CCSC1. The van der Waals surface area contributed by atoms with Gasteiger partial charge in [-0.3, -0.25) is 0 Å². The molecule has 1 saturated heterocycles. The largest absolute Gasteiger partial charge is 0.327 e. The van der Waals surface area contributed by atoms with Gasteiger partial charge in [-0.05, 0) is 54.0 Å². The summed E-state index contributed by atoms with van der Waals surface area (Å²) in [7, 11) is 0. The molecule has 1 fully saturated rings. The fraction of sp³-hybridized carbons (Fsp3) is 0.500. The Morgan fingerprint density at radius 3 is 2.94 bits per heavy atom. The third-order valence-corrected chi connectivity index (χ3v) is 4.61. The van der Waals surface area contributed by atoms with Gasteiger partial charge in [0.1, 0.15) is 5.82 Å². The van der Waals surface area contributed by atoms with Gasteiger partial charge < -0.3 is 5.73 Å². The summed E-state index contributed by atoms with van der Waals surface area (Å²) in [5.41, 5.74) is 7.14. The Balaban J connectivity index is 2.02. The van der Waals surface area contributed by atoms with Crippen LogP contribution in [0.15, 0.2) is 22.7 Å². The lowest BCUT2D eigenvalue weighted by Crippen LogP contribution is -2.32. The van der Waals surface area contributed by atoms with Gasteiger partial charge in [0.25, 0.3) is 0 Å². The summed E-state index contributed by atoms with van der Waals surface area (Å²) in [4.78, 5) is 0. The van der Waals surface area contributed by atoms with Crippen molar-refractivity contribution in [1.29, 1.82) is 0 Å². The van der Waals surface area contributed by atoms with Crippen LogP contribution in [0.1, 0.15) is 12.0 Å². The Hall–Kier alpha value is -0.0600. The van der Waals surface area contributed by atoms with Gasteiger partial charge in [-0.15, -0.1) is 0 Å². The zero-order valence-electron chi connectivity index (χ0n) is 8.96. The first-order chi connectivity index (χ1) is 7.65. The minimum atomic E-state index is -0.197. The van der Waals surface area contributed by atoms with E-state index in [1.165, 1.54) is 18.2 Å². The van der Waals surface area contributed by atoms with E-state index < -0.39 is 0 Å². The first-order valence-corrected chi connectivity index (χ1v) is 7.38. The predicted molar refractivity (Wildman–Crippen MR) is 71.2 cm³/mol. The highest BCUT2D eigenvalue weighted by Gasteiger charge is 2.22.